The molecule has 5 heteroatoms. The smallest absolute Gasteiger partial charge is 0.236 e. The minimum atomic E-state index is -0.578. The highest BCUT2D eigenvalue weighted by molar-refractivity contribution is 6.01. The number of ether oxygens (including phenoxy) is 1. The van der Waals surface area contributed by atoms with Crippen molar-refractivity contribution in [2.24, 2.45) is 17.3 Å². The number of fused-ring (bicyclic) bond motifs is 1. The summed E-state index contributed by atoms with van der Waals surface area (Å²) in [5.74, 6) is 1.29. The highest BCUT2D eigenvalue weighted by Crippen LogP contribution is 2.39. The molecule has 2 aliphatic rings. The summed E-state index contributed by atoms with van der Waals surface area (Å²) in [4.78, 5) is 26.8. The van der Waals surface area contributed by atoms with Gasteiger partial charge in [-0.3, -0.25) is 9.59 Å². The van der Waals surface area contributed by atoms with Gasteiger partial charge < -0.3 is 15.0 Å². The largest absolute Gasteiger partial charge is 0.490 e. The van der Waals surface area contributed by atoms with E-state index in [0.29, 0.717) is 24.8 Å². The summed E-state index contributed by atoms with van der Waals surface area (Å²) in [6.07, 6.45) is 1.93. The first-order valence-electron chi connectivity index (χ1n) is 8.67. The lowest BCUT2D eigenvalue weighted by Crippen LogP contribution is -2.43. The Morgan fingerprint density at radius 1 is 1.38 bits per heavy atom. The van der Waals surface area contributed by atoms with Crippen LogP contribution in [-0.2, 0) is 9.59 Å². The summed E-state index contributed by atoms with van der Waals surface area (Å²) in [6, 6.07) is 5.55. The Morgan fingerprint density at radius 2 is 2.08 bits per heavy atom. The van der Waals surface area contributed by atoms with Gasteiger partial charge in [0.15, 0.2) is 0 Å². The van der Waals surface area contributed by atoms with Crippen molar-refractivity contribution in [1.29, 1.82) is 0 Å². The molecule has 0 bridgehead atoms. The number of rotatable bonds is 4. The molecule has 1 aliphatic carbocycles. The van der Waals surface area contributed by atoms with E-state index in [0.717, 1.165) is 24.2 Å². The molecular formula is C19H26N2O3. The lowest BCUT2D eigenvalue weighted by Gasteiger charge is -2.29. The standard InChI is InChI=1S/C19H26N2O3/c1-12(2)10-21-15-9-14(20-17(22)13-5-6-13)7-8-16(15)24-11-19(3,4)18(21)23/h7-9,12-13H,5-6,10-11H2,1-4H3,(H,20,22). The second-order valence-corrected chi connectivity index (χ2v) is 7.93. The zero-order chi connectivity index (χ0) is 17.5. The first-order valence-corrected chi connectivity index (χ1v) is 8.67. The molecule has 5 nitrogen and oxygen atoms in total. The van der Waals surface area contributed by atoms with Crippen LogP contribution < -0.4 is 15.0 Å². The molecule has 1 saturated carbocycles. The Morgan fingerprint density at radius 3 is 2.71 bits per heavy atom. The summed E-state index contributed by atoms with van der Waals surface area (Å²) >= 11 is 0. The molecule has 1 heterocycles. The minimum Gasteiger partial charge on any atom is -0.490 e. The molecule has 2 amide bonds. The molecule has 1 aromatic rings. The number of amides is 2. The predicted molar refractivity (Wildman–Crippen MR) is 94.3 cm³/mol. The van der Waals surface area contributed by atoms with Crippen LogP contribution >= 0.6 is 0 Å². The summed E-state index contributed by atoms with van der Waals surface area (Å²) in [5.41, 5.74) is 0.883. The Bertz CT molecular complexity index is 663. The second-order valence-electron chi connectivity index (χ2n) is 7.93. The molecule has 1 fully saturated rings. The van der Waals surface area contributed by atoms with Gasteiger partial charge in [0.2, 0.25) is 11.8 Å². The highest BCUT2D eigenvalue weighted by atomic mass is 16.5. The SMILES string of the molecule is CC(C)CN1C(=O)C(C)(C)COc2ccc(NC(=O)C3CC3)cc21. The lowest BCUT2D eigenvalue weighted by atomic mass is 9.92. The molecule has 0 radical (unpaired) electrons. The monoisotopic (exact) mass is 330 g/mol. The zero-order valence-corrected chi connectivity index (χ0v) is 14.9. The van der Waals surface area contributed by atoms with E-state index in [1.165, 1.54) is 0 Å². The van der Waals surface area contributed by atoms with Crippen molar-refractivity contribution in [3.8, 4) is 5.75 Å². The Kier molecular flexibility index (Phi) is 4.28. The van der Waals surface area contributed by atoms with Gasteiger partial charge >= 0.3 is 0 Å². The maximum Gasteiger partial charge on any atom is 0.236 e. The van der Waals surface area contributed by atoms with Crippen LogP contribution in [0.5, 0.6) is 5.75 Å². The van der Waals surface area contributed by atoms with Crippen LogP contribution in [0, 0.1) is 17.3 Å². The molecule has 1 aromatic carbocycles. The third-order valence-corrected chi connectivity index (χ3v) is 4.43. The van der Waals surface area contributed by atoms with Crippen LogP contribution in [0.3, 0.4) is 0 Å². The first-order chi connectivity index (χ1) is 11.3. The minimum absolute atomic E-state index is 0.0561. The number of nitrogens with one attached hydrogen (secondary N) is 1. The second kappa shape index (κ2) is 6.11. The van der Waals surface area contributed by atoms with Crippen molar-refractivity contribution in [3.05, 3.63) is 18.2 Å². The van der Waals surface area contributed by atoms with Gasteiger partial charge in [-0.1, -0.05) is 13.8 Å². The van der Waals surface area contributed by atoms with Crippen LogP contribution in [0.4, 0.5) is 11.4 Å². The van der Waals surface area contributed by atoms with E-state index in [-0.39, 0.29) is 17.7 Å². The molecule has 0 aromatic heterocycles. The molecule has 0 atom stereocenters. The molecule has 24 heavy (non-hydrogen) atoms. The molecule has 130 valence electrons. The number of anilines is 2. The molecule has 1 aliphatic heterocycles. The van der Waals surface area contributed by atoms with Gasteiger partial charge in [0.1, 0.15) is 12.4 Å². The lowest BCUT2D eigenvalue weighted by molar-refractivity contribution is -0.127. The molecule has 0 spiro atoms. The Hall–Kier alpha value is -2.04. The predicted octanol–water partition coefficient (Wildman–Crippen LogP) is 3.44. The first kappa shape index (κ1) is 16.8. The number of benzene rings is 1. The van der Waals surface area contributed by atoms with Crippen molar-refractivity contribution in [3.63, 3.8) is 0 Å². The van der Waals surface area contributed by atoms with Crippen LogP contribution in [0.25, 0.3) is 0 Å². The van der Waals surface area contributed by atoms with E-state index in [4.69, 9.17) is 4.74 Å². The van der Waals surface area contributed by atoms with Gasteiger partial charge in [-0.05, 0) is 50.8 Å². The van der Waals surface area contributed by atoms with E-state index >= 15 is 0 Å². The van der Waals surface area contributed by atoms with Gasteiger partial charge in [-0.2, -0.15) is 0 Å². The zero-order valence-electron chi connectivity index (χ0n) is 14.9. The number of carbonyl (C=O) groups is 2. The highest BCUT2D eigenvalue weighted by Gasteiger charge is 2.38. The number of carbonyl (C=O) groups excluding carboxylic acids is 2. The van der Waals surface area contributed by atoms with E-state index in [9.17, 15) is 9.59 Å². The fourth-order valence-corrected chi connectivity index (χ4v) is 2.86. The third kappa shape index (κ3) is 3.40. The Balaban J connectivity index is 1.94. The Labute approximate surface area is 143 Å². The number of hydrogen-bond acceptors (Lipinski definition) is 3. The average Bonchev–Trinajstić information content (AvgIpc) is 3.35. The van der Waals surface area contributed by atoms with E-state index in [1.807, 2.05) is 32.0 Å². The third-order valence-electron chi connectivity index (χ3n) is 4.43. The topological polar surface area (TPSA) is 58.6 Å². The van der Waals surface area contributed by atoms with Gasteiger partial charge in [0, 0.05) is 18.2 Å². The molecule has 0 saturated heterocycles. The van der Waals surface area contributed by atoms with Gasteiger partial charge in [-0.15, -0.1) is 0 Å². The fraction of sp³-hybridized carbons (Fsp3) is 0.579. The quantitative estimate of drug-likeness (QED) is 0.920. The summed E-state index contributed by atoms with van der Waals surface area (Å²) < 4.78 is 5.89. The van der Waals surface area contributed by atoms with Crippen LogP contribution in [0.1, 0.15) is 40.5 Å². The maximum atomic E-state index is 13.0. The average molecular weight is 330 g/mol. The van der Waals surface area contributed by atoms with Crippen molar-refractivity contribution < 1.29 is 14.3 Å². The van der Waals surface area contributed by atoms with Crippen molar-refractivity contribution in [2.75, 3.05) is 23.4 Å². The van der Waals surface area contributed by atoms with Crippen molar-refractivity contribution >= 4 is 23.2 Å². The fourth-order valence-electron chi connectivity index (χ4n) is 2.86. The molecule has 0 unspecified atom stereocenters. The summed E-state index contributed by atoms with van der Waals surface area (Å²) in [5, 5.41) is 2.95. The molecular weight excluding hydrogens is 304 g/mol. The van der Waals surface area contributed by atoms with Gasteiger partial charge in [0.25, 0.3) is 0 Å². The van der Waals surface area contributed by atoms with E-state index < -0.39 is 5.41 Å². The summed E-state index contributed by atoms with van der Waals surface area (Å²) in [7, 11) is 0. The molecule has 1 N–H and O–H groups in total. The van der Waals surface area contributed by atoms with Crippen LogP contribution in [0.2, 0.25) is 0 Å². The van der Waals surface area contributed by atoms with Gasteiger partial charge in [-0.25, -0.2) is 0 Å². The van der Waals surface area contributed by atoms with Gasteiger partial charge in [0.05, 0.1) is 11.1 Å². The normalized spacial score (nSPS) is 19.5. The van der Waals surface area contributed by atoms with Crippen LogP contribution in [-0.4, -0.2) is 25.0 Å². The summed E-state index contributed by atoms with van der Waals surface area (Å²) in [6.45, 7) is 8.96. The number of hydrogen-bond donors (Lipinski definition) is 1. The van der Waals surface area contributed by atoms with Crippen LogP contribution in [0.15, 0.2) is 18.2 Å². The number of nitrogens with zero attached hydrogens (tertiary/aromatic N) is 1. The van der Waals surface area contributed by atoms with Crippen molar-refractivity contribution in [1.82, 2.24) is 0 Å². The van der Waals surface area contributed by atoms with E-state index in [1.54, 1.807) is 4.90 Å². The van der Waals surface area contributed by atoms with Crippen molar-refractivity contribution in [2.45, 2.75) is 40.5 Å². The molecule has 3 rings (SSSR count). The maximum absolute atomic E-state index is 13.0. The van der Waals surface area contributed by atoms with E-state index in [2.05, 4.69) is 19.2 Å².